The van der Waals surface area contributed by atoms with Crippen molar-refractivity contribution in [3.63, 3.8) is 0 Å². The van der Waals surface area contributed by atoms with Gasteiger partial charge in [-0.3, -0.25) is 0 Å². The van der Waals surface area contributed by atoms with E-state index in [-0.39, 0.29) is 11.0 Å². The van der Waals surface area contributed by atoms with E-state index in [0.717, 1.165) is 12.0 Å². The van der Waals surface area contributed by atoms with Crippen molar-refractivity contribution in [3.8, 4) is 5.88 Å². The number of hydrogen-bond acceptors (Lipinski definition) is 6. The van der Waals surface area contributed by atoms with Crippen molar-refractivity contribution in [2.75, 3.05) is 13.1 Å². The Bertz CT molecular complexity index is 715. The third-order valence-electron chi connectivity index (χ3n) is 3.31. The molecule has 7 nitrogen and oxygen atoms in total. The Hall–Kier alpha value is -1.93. The van der Waals surface area contributed by atoms with E-state index in [0.29, 0.717) is 25.4 Å². The quantitative estimate of drug-likeness (QED) is 0.844. The summed E-state index contributed by atoms with van der Waals surface area (Å²) in [4.78, 5) is 4.33. The first-order valence-electron chi connectivity index (χ1n) is 6.55. The van der Waals surface area contributed by atoms with Crippen LogP contribution in [-0.4, -0.2) is 42.1 Å². The van der Waals surface area contributed by atoms with Gasteiger partial charge in [0.2, 0.25) is 15.9 Å². The summed E-state index contributed by atoms with van der Waals surface area (Å²) in [6, 6.07) is 5.51. The maximum absolute atomic E-state index is 12.3. The Kier molecular flexibility index (Phi) is 3.64. The van der Waals surface area contributed by atoms with Crippen LogP contribution in [-0.2, 0) is 10.0 Å². The molecule has 0 bridgehead atoms. The number of ether oxygens (including phenoxy) is 1. The summed E-state index contributed by atoms with van der Waals surface area (Å²) in [7, 11) is -3.55. The predicted molar refractivity (Wildman–Crippen MR) is 73.3 cm³/mol. The third kappa shape index (κ3) is 2.91. The van der Waals surface area contributed by atoms with E-state index in [4.69, 9.17) is 4.74 Å². The van der Waals surface area contributed by atoms with Crippen molar-refractivity contribution < 1.29 is 17.7 Å². The molecule has 0 N–H and O–H groups in total. The van der Waals surface area contributed by atoms with Crippen LogP contribution in [0.5, 0.6) is 5.88 Å². The second kappa shape index (κ2) is 5.45. The van der Waals surface area contributed by atoms with E-state index < -0.39 is 10.0 Å². The fourth-order valence-corrected chi connectivity index (χ4v) is 3.59. The molecule has 0 amide bonds. The third-order valence-corrected chi connectivity index (χ3v) is 5.11. The zero-order chi connectivity index (χ0) is 14.9. The highest BCUT2D eigenvalue weighted by Crippen LogP contribution is 2.23. The minimum absolute atomic E-state index is 0.0665. The average Bonchev–Trinajstić information content (AvgIpc) is 3.10. The van der Waals surface area contributed by atoms with Gasteiger partial charge < -0.3 is 9.26 Å². The van der Waals surface area contributed by atoms with E-state index in [2.05, 4.69) is 14.7 Å². The van der Waals surface area contributed by atoms with Gasteiger partial charge in [-0.2, -0.15) is 4.31 Å². The number of pyridine rings is 1. The lowest BCUT2D eigenvalue weighted by Crippen LogP contribution is -2.30. The Morgan fingerprint density at radius 2 is 2.29 bits per heavy atom. The van der Waals surface area contributed by atoms with Crippen LogP contribution in [0.2, 0.25) is 0 Å². The molecule has 2 aromatic rings. The summed E-state index contributed by atoms with van der Waals surface area (Å²) in [6.45, 7) is 2.58. The predicted octanol–water partition coefficient (Wildman–Crippen LogP) is 1.22. The summed E-state index contributed by atoms with van der Waals surface area (Å²) in [5.74, 6) is 0.518. The van der Waals surface area contributed by atoms with Crippen molar-refractivity contribution >= 4 is 10.0 Å². The van der Waals surface area contributed by atoms with Gasteiger partial charge in [-0.05, 0) is 19.4 Å². The van der Waals surface area contributed by atoms with Gasteiger partial charge in [0, 0.05) is 18.3 Å². The number of rotatable bonds is 4. The van der Waals surface area contributed by atoms with Crippen molar-refractivity contribution in [2.24, 2.45) is 0 Å². The van der Waals surface area contributed by atoms with Gasteiger partial charge in [0.15, 0.2) is 0 Å². The molecule has 1 atom stereocenters. The first kappa shape index (κ1) is 14.0. The maximum atomic E-state index is 12.3. The van der Waals surface area contributed by atoms with Gasteiger partial charge in [0.1, 0.15) is 17.3 Å². The van der Waals surface area contributed by atoms with Gasteiger partial charge in [0.05, 0.1) is 12.7 Å². The van der Waals surface area contributed by atoms with Crippen molar-refractivity contribution in [2.45, 2.75) is 24.3 Å². The Morgan fingerprint density at radius 3 is 3.00 bits per heavy atom. The molecular formula is C13H15N3O4S. The SMILES string of the molecule is Cc1cccc(OC2CCN(S(=O)(=O)c3cnoc3)C2)n1. The summed E-state index contributed by atoms with van der Waals surface area (Å²) < 4.78 is 36.3. The molecule has 1 fully saturated rings. The lowest BCUT2D eigenvalue weighted by atomic mass is 10.3. The van der Waals surface area contributed by atoms with Crippen LogP contribution < -0.4 is 4.74 Å². The van der Waals surface area contributed by atoms with E-state index in [9.17, 15) is 8.42 Å². The molecule has 0 radical (unpaired) electrons. The fraction of sp³-hybridized carbons (Fsp3) is 0.385. The average molecular weight is 309 g/mol. The molecule has 0 aromatic carbocycles. The number of aryl methyl sites for hydroxylation is 1. The van der Waals surface area contributed by atoms with Crippen LogP contribution in [0.25, 0.3) is 0 Å². The summed E-state index contributed by atoms with van der Waals surface area (Å²) in [5.41, 5.74) is 0.861. The number of nitrogens with zero attached hydrogens (tertiary/aromatic N) is 3. The summed E-state index contributed by atoms with van der Waals surface area (Å²) in [5, 5.41) is 3.43. The monoisotopic (exact) mass is 309 g/mol. The topological polar surface area (TPSA) is 85.5 Å². The second-order valence-corrected chi connectivity index (χ2v) is 6.81. The zero-order valence-corrected chi connectivity index (χ0v) is 12.3. The molecule has 0 aliphatic carbocycles. The van der Waals surface area contributed by atoms with E-state index >= 15 is 0 Å². The largest absolute Gasteiger partial charge is 0.473 e. The minimum atomic E-state index is -3.55. The number of hydrogen-bond donors (Lipinski definition) is 0. The Balaban J connectivity index is 1.69. The molecule has 2 aromatic heterocycles. The molecule has 8 heteroatoms. The minimum Gasteiger partial charge on any atom is -0.473 e. The van der Waals surface area contributed by atoms with Gasteiger partial charge in [0.25, 0.3) is 0 Å². The molecule has 21 heavy (non-hydrogen) atoms. The highest BCUT2D eigenvalue weighted by Gasteiger charge is 2.34. The molecule has 0 spiro atoms. The molecular weight excluding hydrogens is 294 g/mol. The number of aromatic nitrogens is 2. The summed E-state index contributed by atoms with van der Waals surface area (Å²) >= 11 is 0. The maximum Gasteiger partial charge on any atom is 0.248 e. The van der Waals surface area contributed by atoms with E-state index in [1.54, 1.807) is 6.07 Å². The zero-order valence-electron chi connectivity index (χ0n) is 11.5. The normalized spacial score (nSPS) is 19.8. The standard InChI is InChI=1S/C13H15N3O4S/c1-10-3-2-4-13(15-10)20-11-5-6-16(8-11)21(17,18)12-7-14-19-9-12/h2-4,7,9,11H,5-6,8H2,1H3. The van der Waals surface area contributed by atoms with E-state index in [1.165, 1.54) is 10.5 Å². The molecule has 1 aliphatic heterocycles. The van der Waals surface area contributed by atoms with Gasteiger partial charge in [-0.25, -0.2) is 13.4 Å². The first-order valence-corrected chi connectivity index (χ1v) is 7.99. The van der Waals surface area contributed by atoms with Crippen LogP contribution in [0.4, 0.5) is 0 Å². The van der Waals surface area contributed by atoms with Crippen LogP contribution in [0.3, 0.4) is 0 Å². The molecule has 3 rings (SSSR count). The van der Waals surface area contributed by atoms with Gasteiger partial charge >= 0.3 is 0 Å². The Morgan fingerprint density at radius 1 is 1.43 bits per heavy atom. The molecule has 1 unspecified atom stereocenters. The van der Waals surface area contributed by atoms with Gasteiger partial charge in [-0.1, -0.05) is 11.2 Å². The van der Waals surface area contributed by atoms with Gasteiger partial charge in [-0.15, -0.1) is 0 Å². The highest BCUT2D eigenvalue weighted by atomic mass is 32.2. The smallest absolute Gasteiger partial charge is 0.248 e. The van der Waals surface area contributed by atoms with Crippen molar-refractivity contribution in [1.82, 2.24) is 14.4 Å². The second-order valence-electron chi connectivity index (χ2n) is 4.87. The van der Waals surface area contributed by atoms with Crippen LogP contribution >= 0.6 is 0 Å². The molecule has 0 saturated carbocycles. The lowest BCUT2D eigenvalue weighted by molar-refractivity contribution is 0.206. The lowest BCUT2D eigenvalue weighted by Gasteiger charge is -2.15. The summed E-state index contributed by atoms with van der Waals surface area (Å²) in [6.07, 6.45) is 2.76. The van der Waals surface area contributed by atoms with Crippen LogP contribution in [0, 0.1) is 6.92 Å². The molecule has 1 saturated heterocycles. The first-order chi connectivity index (χ1) is 10.1. The molecule has 3 heterocycles. The van der Waals surface area contributed by atoms with E-state index in [1.807, 2.05) is 19.1 Å². The highest BCUT2D eigenvalue weighted by molar-refractivity contribution is 7.89. The Labute approximate surface area is 122 Å². The molecule has 112 valence electrons. The van der Waals surface area contributed by atoms with Crippen LogP contribution in [0.15, 0.2) is 40.1 Å². The molecule has 1 aliphatic rings. The fourth-order valence-electron chi connectivity index (χ4n) is 2.24. The van der Waals surface area contributed by atoms with Crippen LogP contribution in [0.1, 0.15) is 12.1 Å². The van der Waals surface area contributed by atoms with Crippen molar-refractivity contribution in [1.29, 1.82) is 0 Å². The number of sulfonamides is 1. The van der Waals surface area contributed by atoms with Crippen molar-refractivity contribution in [3.05, 3.63) is 36.4 Å².